The minimum absolute atomic E-state index is 0.0617. The van der Waals surface area contributed by atoms with Gasteiger partial charge in [-0.3, -0.25) is 0 Å². The van der Waals surface area contributed by atoms with Crippen molar-refractivity contribution in [3.8, 4) is 23.0 Å². The number of fused-ring (bicyclic) bond motifs is 2. The Morgan fingerprint density at radius 2 is 2.12 bits per heavy atom. The molecule has 0 radical (unpaired) electrons. The van der Waals surface area contributed by atoms with Gasteiger partial charge < -0.3 is 29.2 Å². The molecule has 0 unspecified atom stereocenters. The van der Waals surface area contributed by atoms with Crippen LogP contribution >= 0.6 is 11.6 Å². The molecule has 8 nitrogen and oxygen atoms in total. The number of nitrogens with zero attached hydrogens (tertiary/aromatic N) is 3. The summed E-state index contributed by atoms with van der Waals surface area (Å²) < 4.78 is 52.2. The summed E-state index contributed by atoms with van der Waals surface area (Å²) in [5.41, 5.74) is 0.914. The van der Waals surface area contributed by atoms with E-state index < -0.39 is 12.0 Å². The lowest BCUT2D eigenvalue weighted by atomic mass is 10.0. The van der Waals surface area contributed by atoms with Crippen LogP contribution in [0.3, 0.4) is 0 Å². The Bertz CT molecular complexity index is 1230. The number of alkyl halides is 2. The fraction of sp³-hybridized carbons (Fsp3) is 0.391. The van der Waals surface area contributed by atoms with Crippen LogP contribution in [0.4, 0.5) is 20.3 Å². The van der Waals surface area contributed by atoms with Crippen molar-refractivity contribution in [1.29, 1.82) is 0 Å². The van der Waals surface area contributed by atoms with Crippen molar-refractivity contribution in [3.63, 3.8) is 0 Å². The average molecular weight is 493 g/mol. The van der Waals surface area contributed by atoms with Gasteiger partial charge in [-0.25, -0.2) is 18.7 Å². The van der Waals surface area contributed by atoms with Gasteiger partial charge in [0.25, 0.3) is 5.92 Å². The number of aromatic nitrogens is 2. The third-order valence-corrected chi connectivity index (χ3v) is 6.03. The summed E-state index contributed by atoms with van der Waals surface area (Å²) in [6.45, 7) is 2.41. The third-order valence-electron chi connectivity index (χ3n) is 5.71. The van der Waals surface area contributed by atoms with Crippen LogP contribution in [-0.2, 0) is 0 Å². The van der Waals surface area contributed by atoms with Crippen molar-refractivity contribution in [3.05, 3.63) is 35.6 Å². The van der Waals surface area contributed by atoms with E-state index in [1.807, 2.05) is 6.92 Å². The molecule has 2 aliphatic heterocycles. The van der Waals surface area contributed by atoms with E-state index in [2.05, 4.69) is 15.3 Å². The number of likely N-dealkylation sites (tertiary alicyclic amines) is 1. The van der Waals surface area contributed by atoms with Crippen LogP contribution in [0.15, 0.2) is 30.6 Å². The van der Waals surface area contributed by atoms with Gasteiger partial charge in [0.15, 0.2) is 17.6 Å². The summed E-state index contributed by atoms with van der Waals surface area (Å²) in [6.07, 6.45) is 0.227. The average Bonchev–Trinajstić information content (AvgIpc) is 3.26. The smallest absolute Gasteiger partial charge is 0.296 e. The van der Waals surface area contributed by atoms with Crippen molar-refractivity contribution >= 4 is 34.0 Å². The first-order valence-corrected chi connectivity index (χ1v) is 11.2. The largest absolute Gasteiger partial charge is 0.494 e. The maximum Gasteiger partial charge on any atom is 0.296 e. The summed E-state index contributed by atoms with van der Waals surface area (Å²) in [5.74, 6) is -1.08. The van der Waals surface area contributed by atoms with Gasteiger partial charge in [0.05, 0.1) is 29.1 Å². The number of hydrogen-bond donors (Lipinski definition) is 1. The van der Waals surface area contributed by atoms with Gasteiger partial charge >= 0.3 is 0 Å². The van der Waals surface area contributed by atoms with Crippen LogP contribution in [0.5, 0.6) is 23.0 Å². The summed E-state index contributed by atoms with van der Waals surface area (Å²) in [6, 6.07) is 6.68. The second-order valence-electron chi connectivity index (χ2n) is 8.15. The molecule has 0 spiro atoms. The lowest BCUT2D eigenvalue weighted by Crippen LogP contribution is -2.52. The van der Waals surface area contributed by atoms with Crippen LogP contribution < -0.4 is 24.3 Å². The van der Waals surface area contributed by atoms with Crippen LogP contribution in [-0.4, -0.2) is 60.4 Å². The number of ether oxygens (including phenoxy) is 4. The Morgan fingerprint density at radius 3 is 2.91 bits per heavy atom. The van der Waals surface area contributed by atoms with Crippen molar-refractivity contribution < 1.29 is 27.7 Å². The molecule has 34 heavy (non-hydrogen) atoms. The molecule has 2 aliphatic rings. The Hall–Kier alpha value is -3.11. The molecular weight excluding hydrogens is 470 g/mol. The zero-order chi connectivity index (χ0) is 23.9. The van der Waals surface area contributed by atoms with Crippen molar-refractivity contribution in [1.82, 2.24) is 14.9 Å². The molecule has 2 aromatic carbocycles. The van der Waals surface area contributed by atoms with E-state index in [1.165, 1.54) is 6.33 Å². The number of anilines is 2. The van der Waals surface area contributed by atoms with Crippen molar-refractivity contribution in [2.75, 3.05) is 38.9 Å². The summed E-state index contributed by atoms with van der Waals surface area (Å²) >= 11 is 6.43. The first kappa shape index (κ1) is 22.7. The molecule has 5 rings (SSSR count). The van der Waals surface area contributed by atoms with Gasteiger partial charge in [0, 0.05) is 25.1 Å². The second kappa shape index (κ2) is 8.92. The number of nitrogens with one attached hydrogen (secondary N) is 1. The van der Waals surface area contributed by atoms with E-state index in [0.29, 0.717) is 57.8 Å². The minimum atomic E-state index is -3.03. The van der Waals surface area contributed by atoms with E-state index in [4.69, 9.17) is 30.5 Å². The highest BCUT2D eigenvalue weighted by atomic mass is 35.5. The molecule has 1 aromatic heterocycles. The highest BCUT2D eigenvalue weighted by Crippen LogP contribution is 2.46. The predicted molar refractivity (Wildman–Crippen MR) is 123 cm³/mol. The molecule has 0 saturated carbocycles. The number of hydrogen-bond acceptors (Lipinski definition) is 8. The quantitative estimate of drug-likeness (QED) is 0.522. The zero-order valence-electron chi connectivity index (χ0n) is 18.6. The second-order valence-corrected chi connectivity index (χ2v) is 8.55. The summed E-state index contributed by atoms with van der Waals surface area (Å²) in [7, 11) is 1.67. The summed E-state index contributed by atoms with van der Waals surface area (Å²) in [4.78, 5) is 10.3. The molecule has 1 fully saturated rings. The van der Waals surface area contributed by atoms with E-state index in [0.717, 1.165) is 0 Å². The number of halogens is 3. The monoisotopic (exact) mass is 492 g/mol. The van der Waals surface area contributed by atoms with Gasteiger partial charge in [0.2, 0.25) is 6.79 Å². The van der Waals surface area contributed by atoms with Crippen molar-refractivity contribution in [2.45, 2.75) is 25.4 Å². The molecule has 0 aliphatic carbocycles. The fourth-order valence-electron chi connectivity index (χ4n) is 4.14. The van der Waals surface area contributed by atoms with Crippen LogP contribution in [0.1, 0.15) is 13.3 Å². The fourth-order valence-corrected chi connectivity index (χ4v) is 4.33. The highest BCUT2D eigenvalue weighted by molar-refractivity contribution is 6.34. The van der Waals surface area contributed by atoms with E-state index >= 15 is 0 Å². The highest BCUT2D eigenvalue weighted by Gasteiger charge is 2.45. The number of benzene rings is 2. The van der Waals surface area contributed by atoms with Crippen LogP contribution in [0.25, 0.3) is 10.9 Å². The zero-order valence-corrected chi connectivity index (χ0v) is 19.4. The van der Waals surface area contributed by atoms with E-state index in [9.17, 15) is 8.78 Å². The molecule has 180 valence electrons. The first-order valence-electron chi connectivity index (χ1n) is 10.9. The van der Waals surface area contributed by atoms with E-state index in [1.54, 1.807) is 36.2 Å². The molecule has 3 heterocycles. The SMILES string of the molecule is CCOc1cc(O[C@H]2CCN(C)CC2(F)F)c2c(Nc3c(Cl)ccc4c3OCO4)ncnc2c1. The van der Waals surface area contributed by atoms with E-state index in [-0.39, 0.29) is 25.5 Å². The van der Waals surface area contributed by atoms with Gasteiger partial charge in [-0.15, -0.1) is 0 Å². The molecule has 1 saturated heterocycles. The molecule has 1 N–H and O–H groups in total. The number of piperidine rings is 1. The van der Waals surface area contributed by atoms with Gasteiger partial charge in [-0.2, -0.15) is 0 Å². The normalized spacial score (nSPS) is 19.3. The lowest BCUT2D eigenvalue weighted by molar-refractivity contribution is -0.134. The van der Waals surface area contributed by atoms with Crippen LogP contribution in [0, 0.1) is 0 Å². The first-order chi connectivity index (χ1) is 16.4. The third kappa shape index (κ3) is 4.23. The molecule has 11 heteroatoms. The Labute approximate surface area is 199 Å². The lowest BCUT2D eigenvalue weighted by Gasteiger charge is -2.36. The van der Waals surface area contributed by atoms with Crippen LogP contribution in [0.2, 0.25) is 5.02 Å². The standard InChI is InChI=1S/C23H23ClF2N4O4/c1-3-31-13-8-15-19(17(9-13)34-18-6-7-30(2)10-23(18,25)26)22(28-11-27-15)29-20-14(24)4-5-16-21(20)33-12-32-16/h4-5,8-9,11,18H,3,6-7,10,12H2,1-2H3,(H,27,28,29)/t18-/m0/s1. The predicted octanol–water partition coefficient (Wildman–Crippen LogP) is 4.87. The van der Waals surface area contributed by atoms with Gasteiger partial charge in [0.1, 0.15) is 29.3 Å². The maximum absolute atomic E-state index is 14.8. The molecular formula is C23H23ClF2N4O4. The van der Waals surface area contributed by atoms with Crippen molar-refractivity contribution in [2.24, 2.45) is 0 Å². The topological polar surface area (TPSA) is 78.0 Å². The molecule has 0 bridgehead atoms. The van der Waals surface area contributed by atoms with Gasteiger partial charge in [-0.05, 0) is 26.1 Å². The maximum atomic E-state index is 14.8. The Morgan fingerprint density at radius 1 is 1.26 bits per heavy atom. The number of rotatable bonds is 6. The minimum Gasteiger partial charge on any atom is -0.494 e. The molecule has 1 atom stereocenters. The summed E-state index contributed by atoms with van der Waals surface area (Å²) in [5, 5.41) is 3.97. The molecule has 3 aromatic rings. The molecule has 0 amide bonds. The Kier molecular flexibility index (Phi) is 5.95. The Balaban J connectivity index is 1.60. The van der Waals surface area contributed by atoms with Gasteiger partial charge in [-0.1, -0.05) is 11.6 Å².